The summed E-state index contributed by atoms with van der Waals surface area (Å²) in [6.45, 7) is 1.29. The number of halogens is 1. The Morgan fingerprint density at radius 3 is 2.21 bits per heavy atom. The number of benzene rings is 1. The van der Waals surface area contributed by atoms with Gasteiger partial charge in [0, 0.05) is 31.6 Å². The fourth-order valence-electron chi connectivity index (χ4n) is 4.72. The maximum absolute atomic E-state index is 14.8. The van der Waals surface area contributed by atoms with Crippen molar-refractivity contribution in [1.29, 1.82) is 0 Å². The minimum Gasteiger partial charge on any atom is -0.366 e. The highest BCUT2D eigenvalue weighted by molar-refractivity contribution is 6.23. The number of amides is 4. The van der Waals surface area contributed by atoms with E-state index in [1.165, 1.54) is 6.07 Å². The lowest BCUT2D eigenvalue weighted by molar-refractivity contribution is -0.136. The topological polar surface area (TPSA) is 98.8 Å². The van der Waals surface area contributed by atoms with E-state index in [4.69, 9.17) is 0 Å². The van der Waals surface area contributed by atoms with Gasteiger partial charge in [-0.2, -0.15) is 0 Å². The molecule has 0 aliphatic carbocycles. The quantitative estimate of drug-likeness (QED) is 0.703. The number of imide groups is 2. The van der Waals surface area contributed by atoms with Crippen molar-refractivity contribution in [2.75, 3.05) is 18.0 Å². The Morgan fingerprint density at radius 1 is 0.929 bits per heavy atom. The number of fused-ring (bicyclic) bond motifs is 3. The first-order valence-corrected chi connectivity index (χ1v) is 9.48. The summed E-state index contributed by atoms with van der Waals surface area (Å²) in [5.74, 6) is -2.97. The number of nitrogens with one attached hydrogen (secondary N) is 2. The Morgan fingerprint density at radius 2 is 1.57 bits per heavy atom. The van der Waals surface area contributed by atoms with Gasteiger partial charge in [-0.25, -0.2) is 4.39 Å². The van der Waals surface area contributed by atoms with Crippen molar-refractivity contribution in [1.82, 2.24) is 15.5 Å². The van der Waals surface area contributed by atoms with Crippen molar-refractivity contribution in [3.63, 3.8) is 0 Å². The van der Waals surface area contributed by atoms with Gasteiger partial charge in [-0.15, -0.1) is 0 Å². The highest BCUT2D eigenvalue weighted by Crippen LogP contribution is 2.34. The molecule has 1 aromatic carbocycles. The van der Waals surface area contributed by atoms with Crippen molar-refractivity contribution in [3.05, 3.63) is 29.1 Å². The van der Waals surface area contributed by atoms with E-state index in [0.717, 1.165) is 23.8 Å². The molecule has 4 aliphatic rings. The third-order valence-electron chi connectivity index (χ3n) is 6.06. The molecular formula is C19H19FN4O4. The van der Waals surface area contributed by atoms with Gasteiger partial charge < -0.3 is 10.2 Å². The van der Waals surface area contributed by atoms with E-state index < -0.39 is 35.5 Å². The molecule has 2 N–H and O–H groups in total. The average Bonchev–Trinajstić information content (AvgIpc) is 3.11. The van der Waals surface area contributed by atoms with Crippen molar-refractivity contribution in [2.24, 2.45) is 0 Å². The van der Waals surface area contributed by atoms with E-state index >= 15 is 0 Å². The molecule has 3 fully saturated rings. The summed E-state index contributed by atoms with van der Waals surface area (Å²) in [4.78, 5) is 51.9. The van der Waals surface area contributed by atoms with Gasteiger partial charge in [0.1, 0.15) is 11.9 Å². The lowest BCUT2D eigenvalue weighted by atomic mass is 10.0. The van der Waals surface area contributed by atoms with Crippen LogP contribution in [0.5, 0.6) is 0 Å². The SMILES string of the molecule is O=C1CCC(N2C(=O)c3cc(F)c(N4CC5CCC(C4)N5)cc3C2=O)C(=O)N1. The van der Waals surface area contributed by atoms with Gasteiger partial charge in [-0.05, 0) is 31.4 Å². The Labute approximate surface area is 160 Å². The molecule has 0 aromatic heterocycles. The van der Waals surface area contributed by atoms with E-state index in [-0.39, 0.29) is 24.0 Å². The second-order valence-electron chi connectivity index (χ2n) is 7.84. The summed E-state index contributed by atoms with van der Waals surface area (Å²) >= 11 is 0. The zero-order valence-electron chi connectivity index (χ0n) is 15.0. The largest absolute Gasteiger partial charge is 0.366 e. The molecule has 4 heterocycles. The lowest BCUT2D eigenvalue weighted by Crippen LogP contribution is -2.54. The Kier molecular flexibility index (Phi) is 3.77. The summed E-state index contributed by atoms with van der Waals surface area (Å²) in [6, 6.07) is 2.07. The monoisotopic (exact) mass is 386 g/mol. The van der Waals surface area contributed by atoms with Crippen LogP contribution in [-0.2, 0) is 9.59 Å². The molecule has 0 radical (unpaired) electrons. The number of anilines is 1. The number of carbonyl (C=O) groups excluding carboxylic acids is 4. The van der Waals surface area contributed by atoms with Crippen LogP contribution in [0.15, 0.2) is 12.1 Å². The van der Waals surface area contributed by atoms with Crippen molar-refractivity contribution in [3.8, 4) is 0 Å². The van der Waals surface area contributed by atoms with Crippen LogP contribution in [-0.4, -0.2) is 59.7 Å². The second-order valence-corrected chi connectivity index (χ2v) is 7.84. The highest BCUT2D eigenvalue weighted by atomic mass is 19.1. The van der Waals surface area contributed by atoms with E-state index in [2.05, 4.69) is 10.6 Å². The number of nitrogens with zero attached hydrogens (tertiary/aromatic N) is 2. The molecule has 3 unspecified atom stereocenters. The molecule has 1 aromatic rings. The number of rotatable bonds is 2. The highest BCUT2D eigenvalue weighted by Gasteiger charge is 2.45. The van der Waals surface area contributed by atoms with Gasteiger partial charge in [0.05, 0.1) is 16.8 Å². The van der Waals surface area contributed by atoms with Crippen LogP contribution in [0, 0.1) is 5.82 Å². The van der Waals surface area contributed by atoms with Crippen LogP contribution in [0.25, 0.3) is 0 Å². The molecule has 5 rings (SSSR count). The van der Waals surface area contributed by atoms with Crippen LogP contribution in [0.1, 0.15) is 46.4 Å². The predicted octanol–water partition coefficient (Wildman–Crippen LogP) is 0.167. The molecule has 146 valence electrons. The molecule has 0 saturated carbocycles. The number of hydrogen-bond acceptors (Lipinski definition) is 6. The fraction of sp³-hybridized carbons (Fsp3) is 0.474. The lowest BCUT2D eigenvalue weighted by Gasteiger charge is -2.34. The van der Waals surface area contributed by atoms with Gasteiger partial charge >= 0.3 is 0 Å². The normalized spacial score (nSPS) is 29.4. The maximum Gasteiger partial charge on any atom is 0.262 e. The fourth-order valence-corrected chi connectivity index (χ4v) is 4.72. The number of piperidine rings is 1. The Hall–Kier alpha value is -2.81. The third-order valence-corrected chi connectivity index (χ3v) is 6.06. The number of piperazine rings is 1. The summed E-state index contributed by atoms with van der Waals surface area (Å²) < 4.78 is 14.8. The predicted molar refractivity (Wildman–Crippen MR) is 95.2 cm³/mol. The van der Waals surface area contributed by atoms with Crippen LogP contribution in [0.2, 0.25) is 0 Å². The van der Waals surface area contributed by atoms with Crippen molar-refractivity contribution >= 4 is 29.3 Å². The number of carbonyl (C=O) groups is 4. The summed E-state index contributed by atoms with van der Waals surface area (Å²) in [5.41, 5.74) is 0.384. The maximum atomic E-state index is 14.8. The summed E-state index contributed by atoms with van der Waals surface area (Å²) in [6.07, 6.45) is 2.20. The van der Waals surface area contributed by atoms with Gasteiger partial charge in [-0.1, -0.05) is 0 Å². The second kappa shape index (κ2) is 6.10. The smallest absolute Gasteiger partial charge is 0.262 e. The molecule has 9 heteroatoms. The van der Waals surface area contributed by atoms with E-state index in [1.54, 1.807) is 0 Å². The minimum absolute atomic E-state index is 0.0333. The molecule has 3 atom stereocenters. The van der Waals surface area contributed by atoms with Crippen LogP contribution >= 0.6 is 0 Å². The molecule has 28 heavy (non-hydrogen) atoms. The molecule has 4 aliphatic heterocycles. The molecule has 4 amide bonds. The summed E-state index contributed by atoms with van der Waals surface area (Å²) in [7, 11) is 0. The van der Waals surface area contributed by atoms with E-state index in [1.807, 2.05) is 4.90 Å². The number of hydrogen-bond donors (Lipinski definition) is 2. The first kappa shape index (κ1) is 17.3. The zero-order valence-corrected chi connectivity index (χ0v) is 15.0. The van der Waals surface area contributed by atoms with Crippen LogP contribution in [0.3, 0.4) is 0 Å². The molecular weight excluding hydrogens is 367 g/mol. The molecule has 2 bridgehead atoms. The van der Waals surface area contributed by atoms with Gasteiger partial charge in [-0.3, -0.25) is 29.4 Å². The van der Waals surface area contributed by atoms with Gasteiger partial charge in [0.15, 0.2) is 0 Å². The van der Waals surface area contributed by atoms with Crippen molar-refractivity contribution < 1.29 is 23.6 Å². The zero-order chi connectivity index (χ0) is 19.6. The van der Waals surface area contributed by atoms with Gasteiger partial charge in [0.2, 0.25) is 11.8 Å². The molecule has 8 nitrogen and oxygen atoms in total. The van der Waals surface area contributed by atoms with Gasteiger partial charge in [0.25, 0.3) is 11.8 Å². The summed E-state index contributed by atoms with van der Waals surface area (Å²) in [5, 5.41) is 5.62. The Bertz CT molecular complexity index is 921. The molecule has 3 saturated heterocycles. The standard InChI is InChI=1S/C19H19FN4O4/c20-13-5-11-12(6-15(13)23-7-9-1-2-10(8-23)21-9)19(28)24(18(11)27)14-3-4-16(25)22-17(14)26/h5-6,9-10,14,21H,1-4,7-8H2,(H,22,25,26). The molecule has 0 spiro atoms. The van der Waals surface area contributed by atoms with E-state index in [0.29, 0.717) is 30.9 Å². The average molecular weight is 386 g/mol. The van der Waals surface area contributed by atoms with E-state index in [9.17, 15) is 23.6 Å². The third kappa shape index (κ3) is 2.53. The van der Waals surface area contributed by atoms with Crippen LogP contribution in [0.4, 0.5) is 10.1 Å². The van der Waals surface area contributed by atoms with Crippen LogP contribution < -0.4 is 15.5 Å². The Balaban J connectivity index is 1.47. The minimum atomic E-state index is -1.05. The first-order chi connectivity index (χ1) is 13.4. The van der Waals surface area contributed by atoms with Crippen molar-refractivity contribution in [2.45, 2.75) is 43.8 Å². The first-order valence-electron chi connectivity index (χ1n) is 9.48.